The number of fused-ring (bicyclic) bond motifs is 1. The van der Waals surface area contributed by atoms with Gasteiger partial charge in [0.1, 0.15) is 22.9 Å². The van der Waals surface area contributed by atoms with Gasteiger partial charge >= 0.3 is 10.2 Å². The summed E-state index contributed by atoms with van der Waals surface area (Å²) in [4.78, 5) is 18.2. The van der Waals surface area contributed by atoms with Crippen LogP contribution in [0.2, 0.25) is 0 Å². The summed E-state index contributed by atoms with van der Waals surface area (Å²) in [6.07, 6.45) is 1.34. The highest BCUT2D eigenvalue weighted by Crippen LogP contribution is 2.38. The molecule has 0 aliphatic carbocycles. The van der Waals surface area contributed by atoms with Gasteiger partial charge in [-0.3, -0.25) is 4.57 Å². The van der Waals surface area contributed by atoms with Crippen LogP contribution in [0.25, 0.3) is 28.5 Å². The third-order valence-electron chi connectivity index (χ3n) is 5.17. The zero-order valence-electron chi connectivity index (χ0n) is 19.9. The van der Waals surface area contributed by atoms with Crippen molar-refractivity contribution in [2.45, 2.75) is 6.92 Å². The Morgan fingerprint density at radius 3 is 2.34 bits per heavy atom. The molecular formula is C22H25N7O5S. The molecule has 4 rings (SSSR count). The van der Waals surface area contributed by atoms with Gasteiger partial charge in [-0.25, -0.2) is 29.0 Å². The quantitative estimate of drug-likeness (QED) is 0.368. The Bertz CT molecular complexity index is 1450. The average Bonchev–Trinajstić information content (AvgIpc) is 3.26. The fourth-order valence-corrected chi connectivity index (χ4v) is 4.07. The number of benzene rings is 1. The second-order valence-electron chi connectivity index (χ2n) is 7.13. The molecule has 0 saturated carbocycles. The lowest BCUT2D eigenvalue weighted by Gasteiger charge is -2.18. The molecule has 0 spiro atoms. The molecule has 13 heteroatoms. The topological polar surface area (TPSA) is 134 Å². The summed E-state index contributed by atoms with van der Waals surface area (Å²) in [5, 5.41) is 0. The van der Waals surface area contributed by atoms with Crippen molar-refractivity contribution in [2.75, 3.05) is 39.2 Å². The van der Waals surface area contributed by atoms with Gasteiger partial charge in [0.15, 0.2) is 22.9 Å². The molecule has 35 heavy (non-hydrogen) atoms. The van der Waals surface area contributed by atoms with Crippen LogP contribution in [0.4, 0.5) is 5.82 Å². The van der Waals surface area contributed by atoms with Crippen molar-refractivity contribution in [1.29, 1.82) is 0 Å². The van der Waals surface area contributed by atoms with Crippen molar-refractivity contribution in [3.63, 3.8) is 0 Å². The lowest BCUT2D eigenvalue weighted by Crippen LogP contribution is -2.36. The maximum atomic E-state index is 12.4. The summed E-state index contributed by atoms with van der Waals surface area (Å²) >= 11 is 0. The number of para-hydroxylation sites is 1. The molecule has 184 valence electrons. The van der Waals surface area contributed by atoms with Gasteiger partial charge in [-0.1, -0.05) is 12.1 Å². The predicted octanol–water partition coefficient (Wildman–Crippen LogP) is 2.19. The molecule has 1 aromatic carbocycles. The normalized spacial score (nSPS) is 11.5. The Kier molecular flexibility index (Phi) is 6.71. The first-order valence-corrected chi connectivity index (χ1v) is 12.0. The molecule has 4 aromatic rings. The molecule has 0 amide bonds. The number of rotatable bonds is 9. The van der Waals surface area contributed by atoms with E-state index < -0.39 is 10.2 Å². The fraction of sp³-hybridized carbons (Fsp3) is 0.273. The number of aromatic nitrogens is 5. The van der Waals surface area contributed by atoms with Crippen LogP contribution < -0.4 is 23.2 Å². The van der Waals surface area contributed by atoms with E-state index in [-0.39, 0.29) is 17.1 Å². The van der Waals surface area contributed by atoms with Crippen LogP contribution in [-0.4, -0.2) is 67.8 Å². The summed E-state index contributed by atoms with van der Waals surface area (Å²) in [6.45, 7) is 2.32. The van der Waals surface area contributed by atoms with Crippen LogP contribution in [-0.2, 0) is 10.2 Å². The Balaban J connectivity index is 2.07. The summed E-state index contributed by atoms with van der Waals surface area (Å²) in [5.41, 5.74) is 1.54. The number of imidazole rings is 1. The SMILES string of the molecule is CCOc1cccc(-c2nc3ncc(N(C)S(=O)(=O)NC)nc3n2-c2c(OC)cccc2OC)n1. The standard InChI is InChI=1S/C22H25N7O5S/c1-6-34-18-12-7-9-14(25-18)21-27-20-22(26-17(13-24-20)28(3)35(30,31)23-2)29(21)19-15(32-4)10-8-11-16(19)33-5/h7-13,23H,6H2,1-5H3. The highest BCUT2D eigenvalue weighted by Gasteiger charge is 2.25. The lowest BCUT2D eigenvalue weighted by molar-refractivity contribution is 0.327. The smallest absolute Gasteiger partial charge is 0.302 e. The van der Waals surface area contributed by atoms with Gasteiger partial charge in [0, 0.05) is 20.2 Å². The number of methoxy groups -OCH3 is 2. The molecule has 1 N–H and O–H groups in total. The second-order valence-corrected chi connectivity index (χ2v) is 9.03. The number of anilines is 1. The molecule has 0 atom stereocenters. The molecule has 3 heterocycles. The predicted molar refractivity (Wildman–Crippen MR) is 131 cm³/mol. The van der Waals surface area contributed by atoms with Crippen LogP contribution in [0, 0.1) is 0 Å². The van der Waals surface area contributed by atoms with Crippen molar-refractivity contribution in [1.82, 2.24) is 29.2 Å². The number of nitrogens with zero attached hydrogens (tertiary/aromatic N) is 6. The molecule has 0 aliphatic heterocycles. The molecule has 12 nitrogen and oxygen atoms in total. The number of ether oxygens (including phenoxy) is 3. The van der Waals surface area contributed by atoms with Crippen LogP contribution >= 0.6 is 0 Å². The summed E-state index contributed by atoms with van der Waals surface area (Å²) in [5.74, 6) is 1.87. The summed E-state index contributed by atoms with van der Waals surface area (Å²) in [6, 6.07) is 10.7. The molecule has 3 aromatic heterocycles. The monoisotopic (exact) mass is 499 g/mol. The van der Waals surface area contributed by atoms with Crippen molar-refractivity contribution < 1.29 is 22.6 Å². The number of hydrogen-bond donors (Lipinski definition) is 1. The first-order valence-electron chi connectivity index (χ1n) is 10.6. The van der Waals surface area contributed by atoms with Crippen molar-refractivity contribution in [3.8, 4) is 34.6 Å². The minimum Gasteiger partial charge on any atom is -0.494 e. The summed E-state index contributed by atoms with van der Waals surface area (Å²) in [7, 11) is 1.96. The van der Waals surface area contributed by atoms with Crippen molar-refractivity contribution >= 4 is 27.3 Å². The van der Waals surface area contributed by atoms with Gasteiger partial charge in [-0.05, 0) is 25.1 Å². The molecule has 0 bridgehead atoms. The third-order valence-corrected chi connectivity index (χ3v) is 6.59. The highest BCUT2D eigenvalue weighted by molar-refractivity contribution is 7.90. The molecular weight excluding hydrogens is 474 g/mol. The van der Waals surface area contributed by atoms with E-state index >= 15 is 0 Å². The fourth-order valence-electron chi connectivity index (χ4n) is 3.46. The van der Waals surface area contributed by atoms with Crippen molar-refractivity contribution in [3.05, 3.63) is 42.6 Å². The first-order chi connectivity index (χ1) is 16.8. The van der Waals surface area contributed by atoms with Gasteiger partial charge < -0.3 is 14.2 Å². The van der Waals surface area contributed by atoms with Gasteiger partial charge in [0.2, 0.25) is 5.88 Å². The van der Waals surface area contributed by atoms with E-state index in [9.17, 15) is 8.42 Å². The van der Waals surface area contributed by atoms with Gasteiger partial charge in [0.25, 0.3) is 0 Å². The summed E-state index contributed by atoms with van der Waals surface area (Å²) < 4.78 is 46.5. The third kappa shape index (κ3) is 4.42. The van der Waals surface area contributed by atoms with E-state index in [1.54, 1.807) is 41.0 Å². The van der Waals surface area contributed by atoms with E-state index in [4.69, 9.17) is 14.2 Å². The zero-order valence-corrected chi connectivity index (χ0v) is 20.7. The lowest BCUT2D eigenvalue weighted by atomic mass is 10.2. The van der Waals surface area contributed by atoms with Crippen LogP contribution in [0.15, 0.2) is 42.6 Å². The Morgan fingerprint density at radius 2 is 1.71 bits per heavy atom. The van der Waals surface area contributed by atoms with E-state index in [1.165, 1.54) is 34.5 Å². The maximum Gasteiger partial charge on any atom is 0.302 e. The number of pyridine rings is 1. The highest BCUT2D eigenvalue weighted by atomic mass is 32.2. The molecule has 0 radical (unpaired) electrons. The van der Waals surface area contributed by atoms with Crippen LogP contribution in [0.5, 0.6) is 17.4 Å². The van der Waals surface area contributed by atoms with Gasteiger partial charge in [0.05, 0.1) is 27.0 Å². The molecule has 0 unspecified atom stereocenters. The number of hydrogen-bond acceptors (Lipinski definition) is 9. The minimum atomic E-state index is -3.81. The van der Waals surface area contributed by atoms with E-state index in [0.29, 0.717) is 41.2 Å². The number of nitrogens with one attached hydrogen (secondary N) is 1. The molecule has 0 aliphatic rings. The zero-order chi connectivity index (χ0) is 25.2. The van der Waals surface area contributed by atoms with Crippen molar-refractivity contribution in [2.24, 2.45) is 0 Å². The maximum absolute atomic E-state index is 12.4. The molecule has 0 saturated heterocycles. The van der Waals surface area contributed by atoms with Gasteiger partial charge in [-0.2, -0.15) is 8.42 Å². The Hall–Kier alpha value is -3.97. The van der Waals surface area contributed by atoms with Crippen LogP contribution in [0.3, 0.4) is 0 Å². The van der Waals surface area contributed by atoms with E-state index in [1.807, 2.05) is 6.92 Å². The molecule has 0 fully saturated rings. The minimum absolute atomic E-state index is 0.0874. The Labute approximate surface area is 202 Å². The van der Waals surface area contributed by atoms with E-state index in [0.717, 1.165) is 4.31 Å². The largest absolute Gasteiger partial charge is 0.494 e. The van der Waals surface area contributed by atoms with Gasteiger partial charge in [-0.15, -0.1) is 0 Å². The average molecular weight is 500 g/mol. The first kappa shape index (κ1) is 24.2. The van der Waals surface area contributed by atoms with Crippen LogP contribution in [0.1, 0.15) is 6.92 Å². The Morgan fingerprint density at radius 1 is 1.03 bits per heavy atom. The second kappa shape index (κ2) is 9.72. The van der Waals surface area contributed by atoms with E-state index in [2.05, 4.69) is 24.7 Å².